The van der Waals surface area contributed by atoms with Crippen molar-refractivity contribution in [1.29, 1.82) is 0 Å². The number of hydrogen-bond donors (Lipinski definition) is 1. The van der Waals surface area contributed by atoms with Gasteiger partial charge in [-0.3, -0.25) is 4.79 Å². The number of imidazole rings is 1. The van der Waals surface area contributed by atoms with Crippen molar-refractivity contribution in [3.8, 4) is 5.75 Å². The Kier molecular flexibility index (Phi) is 4.71. The number of rotatable bonds is 4. The molecule has 0 fully saturated rings. The van der Waals surface area contributed by atoms with E-state index in [-0.39, 0.29) is 17.6 Å². The summed E-state index contributed by atoms with van der Waals surface area (Å²) in [5, 5.41) is 10.0. The highest BCUT2D eigenvalue weighted by molar-refractivity contribution is 9.10. The third kappa shape index (κ3) is 3.42. The summed E-state index contributed by atoms with van der Waals surface area (Å²) in [5.74, 6) is 0.369. The van der Waals surface area contributed by atoms with Gasteiger partial charge in [-0.25, -0.2) is 4.98 Å². The SMILES string of the molecule is CCN(Cc1cc(Br)ccc1O)C(=O)C1CCn2cncc2C1. The lowest BCUT2D eigenvalue weighted by Crippen LogP contribution is -2.38. The van der Waals surface area contributed by atoms with Gasteiger partial charge in [-0.1, -0.05) is 15.9 Å². The minimum Gasteiger partial charge on any atom is -0.508 e. The van der Waals surface area contributed by atoms with E-state index in [4.69, 9.17) is 0 Å². The standard InChI is InChI=1S/C17H20BrN3O2/c1-2-20(10-13-7-14(18)3-4-16(13)22)17(23)12-5-6-21-11-19-9-15(21)8-12/h3-4,7,9,11-12,22H,2,5-6,8,10H2,1H3. The first kappa shape index (κ1) is 16.1. The molecule has 1 N–H and O–H groups in total. The number of nitrogens with zero attached hydrogens (tertiary/aromatic N) is 3. The molecule has 1 unspecified atom stereocenters. The van der Waals surface area contributed by atoms with Gasteiger partial charge in [-0.05, 0) is 31.5 Å². The maximum absolute atomic E-state index is 12.9. The molecule has 23 heavy (non-hydrogen) atoms. The van der Waals surface area contributed by atoms with Gasteiger partial charge in [0.2, 0.25) is 5.91 Å². The summed E-state index contributed by atoms with van der Waals surface area (Å²) in [4.78, 5) is 18.8. The number of aryl methyl sites for hydroxylation is 1. The molecule has 5 nitrogen and oxygen atoms in total. The fourth-order valence-corrected chi connectivity index (χ4v) is 3.48. The van der Waals surface area contributed by atoms with Crippen LogP contribution >= 0.6 is 15.9 Å². The van der Waals surface area contributed by atoms with Gasteiger partial charge in [-0.15, -0.1) is 0 Å². The average Bonchev–Trinajstić information content (AvgIpc) is 3.02. The highest BCUT2D eigenvalue weighted by Crippen LogP contribution is 2.26. The van der Waals surface area contributed by atoms with E-state index in [1.807, 2.05) is 30.4 Å². The third-order valence-electron chi connectivity index (χ3n) is 4.42. The zero-order valence-electron chi connectivity index (χ0n) is 13.1. The van der Waals surface area contributed by atoms with Gasteiger partial charge >= 0.3 is 0 Å². The second-order valence-electron chi connectivity index (χ2n) is 5.89. The lowest BCUT2D eigenvalue weighted by atomic mass is 9.94. The largest absolute Gasteiger partial charge is 0.508 e. The van der Waals surface area contributed by atoms with Crippen LogP contribution in [0.5, 0.6) is 5.75 Å². The van der Waals surface area contributed by atoms with Crippen LogP contribution in [0.4, 0.5) is 0 Å². The number of carbonyl (C=O) groups is 1. The van der Waals surface area contributed by atoms with Gasteiger partial charge in [0.1, 0.15) is 5.75 Å². The van der Waals surface area contributed by atoms with Crippen LogP contribution in [0, 0.1) is 5.92 Å². The van der Waals surface area contributed by atoms with E-state index in [2.05, 4.69) is 25.5 Å². The molecule has 0 saturated heterocycles. The summed E-state index contributed by atoms with van der Waals surface area (Å²) in [7, 11) is 0. The molecule has 2 aromatic rings. The van der Waals surface area contributed by atoms with Crippen LogP contribution in [0.1, 0.15) is 24.6 Å². The molecule has 6 heteroatoms. The van der Waals surface area contributed by atoms with Gasteiger partial charge in [0.05, 0.1) is 6.33 Å². The van der Waals surface area contributed by atoms with Gasteiger partial charge < -0.3 is 14.6 Å². The Labute approximate surface area is 144 Å². The lowest BCUT2D eigenvalue weighted by molar-refractivity contribution is -0.136. The molecular weight excluding hydrogens is 358 g/mol. The quantitative estimate of drug-likeness (QED) is 0.890. The second-order valence-corrected chi connectivity index (χ2v) is 6.81. The van der Waals surface area contributed by atoms with Crippen molar-refractivity contribution in [2.24, 2.45) is 5.92 Å². The molecule has 1 aliphatic rings. The third-order valence-corrected chi connectivity index (χ3v) is 4.91. The summed E-state index contributed by atoms with van der Waals surface area (Å²) in [6, 6.07) is 5.30. The predicted octanol–water partition coefficient (Wildman–Crippen LogP) is 2.96. The number of phenols is 1. The molecule has 0 radical (unpaired) electrons. The molecule has 0 bridgehead atoms. The molecule has 2 heterocycles. The first-order chi connectivity index (χ1) is 11.1. The number of benzene rings is 1. The summed E-state index contributed by atoms with van der Waals surface area (Å²) in [6.07, 6.45) is 5.24. The van der Waals surface area contributed by atoms with Crippen LogP contribution in [0.2, 0.25) is 0 Å². The van der Waals surface area contributed by atoms with Crippen LogP contribution in [-0.2, 0) is 24.3 Å². The van der Waals surface area contributed by atoms with E-state index in [0.717, 1.165) is 35.1 Å². The monoisotopic (exact) mass is 377 g/mol. The summed E-state index contributed by atoms with van der Waals surface area (Å²) >= 11 is 3.41. The van der Waals surface area contributed by atoms with Crippen molar-refractivity contribution in [1.82, 2.24) is 14.5 Å². The van der Waals surface area contributed by atoms with Crippen LogP contribution < -0.4 is 0 Å². The smallest absolute Gasteiger partial charge is 0.226 e. The molecule has 0 aliphatic carbocycles. The molecule has 1 atom stereocenters. The van der Waals surface area contributed by atoms with E-state index in [0.29, 0.717) is 13.1 Å². The Hall–Kier alpha value is -1.82. The zero-order chi connectivity index (χ0) is 16.4. The van der Waals surface area contributed by atoms with Crippen LogP contribution in [0.15, 0.2) is 35.2 Å². The topological polar surface area (TPSA) is 58.4 Å². The second kappa shape index (κ2) is 6.74. The fourth-order valence-electron chi connectivity index (χ4n) is 3.07. The van der Waals surface area contributed by atoms with Crippen molar-refractivity contribution < 1.29 is 9.90 Å². The molecule has 0 saturated carbocycles. The normalized spacial score (nSPS) is 16.9. The fraction of sp³-hybridized carbons (Fsp3) is 0.412. The van der Waals surface area contributed by atoms with Crippen molar-refractivity contribution in [2.45, 2.75) is 32.9 Å². The van der Waals surface area contributed by atoms with Crippen LogP contribution in [-0.4, -0.2) is 32.0 Å². The van der Waals surface area contributed by atoms with Crippen molar-refractivity contribution in [3.63, 3.8) is 0 Å². The van der Waals surface area contributed by atoms with E-state index in [1.54, 1.807) is 12.1 Å². The number of hydrogen-bond acceptors (Lipinski definition) is 3. The number of aromatic nitrogens is 2. The minimum atomic E-state index is -0.00607. The van der Waals surface area contributed by atoms with E-state index in [1.165, 1.54) is 0 Å². The number of carbonyl (C=O) groups excluding carboxylic acids is 1. The van der Waals surface area contributed by atoms with Crippen LogP contribution in [0.3, 0.4) is 0 Å². The Balaban J connectivity index is 1.73. The van der Waals surface area contributed by atoms with Crippen molar-refractivity contribution >= 4 is 21.8 Å². The number of amides is 1. The maximum Gasteiger partial charge on any atom is 0.226 e. The van der Waals surface area contributed by atoms with Crippen molar-refractivity contribution in [3.05, 3.63) is 46.5 Å². The molecule has 1 aliphatic heterocycles. The Morgan fingerprint density at radius 1 is 1.52 bits per heavy atom. The molecule has 3 rings (SSSR count). The van der Waals surface area contributed by atoms with E-state index >= 15 is 0 Å². The van der Waals surface area contributed by atoms with Gasteiger partial charge in [0.15, 0.2) is 0 Å². The zero-order valence-corrected chi connectivity index (χ0v) is 14.7. The molecule has 1 aromatic heterocycles. The summed E-state index contributed by atoms with van der Waals surface area (Å²) in [6.45, 7) is 3.86. The Morgan fingerprint density at radius 3 is 3.13 bits per heavy atom. The van der Waals surface area contributed by atoms with E-state index < -0.39 is 0 Å². The Bertz CT molecular complexity index is 714. The number of aromatic hydroxyl groups is 1. The number of halogens is 1. The molecular formula is C17H20BrN3O2. The predicted molar refractivity (Wildman–Crippen MR) is 90.9 cm³/mol. The highest BCUT2D eigenvalue weighted by Gasteiger charge is 2.28. The van der Waals surface area contributed by atoms with E-state index in [9.17, 15) is 9.90 Å². The molecule has 122 valence electrons. The molecule has 1 amide bonds. The molecule has 1 aromatic carbocycles. The highest BCUT2D eigenvalue weighted by atomic mass is 79.9. The number of fused-ring (bicyclic) bond motifs is 1. The van der Waals surface area contributed by atoms with Gasteiger partial charge in [-0.2, -0.15) is 0 Å². The van der Waals surface area contributed by atoms with Gasteiger partial charge in [0.25, 0.3) is 0 Å². The number of phenolic OH excluding ortho intramolecular Hbond substituents is 1. The minimum absolute atomic E-state index is 0.00607. The Morgan fingerprint density at radius 2 is 2.35 bits per heavy atom. The summed E-state index contributed by atoms with van der Waals surface area (Å²) < 4.78 is 3.01. The maximum atomic E-state index is 12.9. The first-order valence-corrected chi connectivity index (χ1v) is 8.63. The van der Waals surface area contributed by atoms with Gasteiger partial charge in [0, 0.05) is 53.9 Å². The van der Waals surface area contributed by atoms with Crippen LogP contribution in [0.25, 0.3) is 0 Å². The lowest BCUT2D eigenvalue weighted by Gasteiger charge is -2.29. The average molecular weight is 378 g/mol. The first-order valence-electron chi connectivity index (χ1n) is 7.83. The summed E-state index contributed by atoms with van der Waals surface area (Å²) in [5.41, 5.74) is 1.88. The van der Waals surface area contributed by atoms with Crippen molar-refractivity contribution in [2.75, 3.05) is 6.54 Å². The molecule has 0 spiro atoms.